The molecule has 1 aliphatic rings. The Morgan fingerprint density at radius 3 is 2.25 bits per heavy atom. The van der Waals surface area contributed by atoms with Gasteiger partial charge >= 0.3 is 5.97 Å². The topological polar surface area (TPSA) is 44.8 Å². The van der Waals surface area contributed by atoms with Crippen molar-refractivity contribution in [1.82, 2.24) is 0 Å². The van der Waals surface area contributed by atoms with E-state index in [1.165, 1.54) is 7.11 Å². The van der Waals surface area contributed by atoms with Gasteiger partial charge in [-0.1, -0.05) is 47.6 Å². The SMILES string of the molecule is C=C[C@H](C)[C@H](O[Si](C)(C)C(C)(C)C)[C@H](C)[C@H]1O[C@H]([C@H](C)C(=O)OC)CC[C@@H]1C. The number of methoxy groups -OCH3 is 1. The maximum absolute atomic E-state index is 12.0. The number of carbonyl (C=O) groups excluding carboxylic acids is 1. The van der Waals surface area contributed by atoms with E-state index in [1.807, 2.05) is 13.0 Å². The van der Waals surface area contributed by atoms with E-state index in [4.69, 9.17) is 13.9 Å². The van der Waals surface area contributed by atoms with E-state index >= 15 is 0 Å². The molecule has 0 aromatic carbocycles. The summed E-state index contributed by atoms with van der Waals surface area (Å²) in [5.74, 6) is 0.435. The molecule has 0 N–H and O–H groups in total. The first-order valence-electron chi connectivity index (χ1n) is 10.8. The van der Waals surface area contributed by atoms with E-state index in [-0.39, 0.29) is 47.1 Å². The maximum Gasteiger partial charge on any atom is 0.311 e. The highest BCUT2D eigenvalue weighted by Gasteiger charge is 2.45. The van der Waals surface area contributed by atoms with Crippen LogP contribution in [0.5, 0.6) is 0 Å². The van der Waals surface area contributed by atoms with Crippen molar-refractivity contribution in [2.75, 3.05) is 7.11 Å². The standard InChI is InChI=1S/C23H44O4Si/c1-12-15(2)21(27-28(10,11)23(6,7)8)18(5)20-16(3)13-14-19(26-20)17(4)22(24)25-9/h12,15-21H,1,13-14H2,2-11H3/t15-,16-,17-,18+,19-,20-,21-/m0/s1. The fourth-order valence-electron chi connectivity index (χ4n) is 3.87. The molecule has 0 aliphatic carbocycles. The molecule has 0 bridgehead atoms. The summed E-state index contributed by atoms with van der Waals surface area (Å²) in [6.45, 7) is 24.0. The first-order valence-corrected chi connectivity index (χ1v) is 13.7. The van der Waals surface area contributed by atoms with Crippen LogP contribution in [-0.4, -0.2) is 39.7 Å². The van der Waals surface area contributed by atoms with Gasteiger partial charge in [-0.3, -0.25) is 4.79 Å². The Balaban J connectivity index is 3.07. The van der Waals surface area contributed by atoms with Gasteiger partial charge < -0.3 is 13.9 Å². The molecule has 1 aliphatic heterocycles. The lowest BCUT2D eigenvalue weighted by atomic mass is 9.79. The molecule has 5 heteroatoms. The lowest BCUT2D eigenvalue weighted by Crippen LogP contribution is -2.52. The molecule has 4 nitrogen and oxygen atoms in total. The summed E-state index contributed by atoms with van der Waals surface area (Å²) in [6, 6.07) is 0. The molecular formula is C23H44O4Si. The van der Waals surface area contributed by atoms with Crippen molar-refractivity contribution < 1.29 is 18.7 Å². The van der Waals surface area contributed by atoms with Crippen LogP contribution in [0.25, 0.3) is 0 Å². The minimum Gasteiger partial charge on any atom is -0.469 e. The molecule has 7 atom stereocenters. The molecule has 0 amide bonds. The molecule has 0 aromatic heterocycles. The molecule has 1 heterocycles. The van der Waals surface area contributed by atoms with Gasteiger partial charge in [0.1, 0.15) is 0 Å². The Bertz CT molecular complexity index is 525. The normalized spacial score (nSPS) is 28.1. The van der Waals surface area contributed by atoms with E-state index in [0.717, 1.165) is 12.8 Å². The molecule has 0 saturated carbocycles. The molecule has 0 radical (unpaired) electrons. The summed E-state index contributed by atoms with van der Waals surface area (Å²) in [4.78, 5) is 12.0. The predicted octanol–water partition coefficient (Wildman–Crippen LogP) is 5.83. The van der Waals surface area contributed by atoms with Crippen LogP contribution in [-0.2, 0) is 18.7 Å². The zero-order chi connectivity index (χ0) is 21.9. The highest BCUT2D eigenvalue weighted by atomic mass is 28.4. The first kappa shape index (κ1) is 25.4. The van der Waals surface area contributed by atoms with E-state index in [0.29, 0.717) is 5.92 Å². The van der Waals surface area contributed by atoms with Crippen LogP contribution in [0.1, 0.15) is 61.3 Å². The van der Waals surface area contributed by atoms with Crippen LogP contribution in [0.3, 0.4) is 0 Å². The van der Waals surface area contributed by atoms with Crippen LogP contribution < -0.4 is 0 Å². The molecule has 28 heavy (non-hydrogen) atoms. The quantitative estimate of drug-likeness (QED) is 0.286. The van der Waals surface area contributed by atoms with Gasteiger partial charge in [0.15, 0.2) is 8.32 Å². The average molecular weight is 413 g/mol. The van der Waals surface area contributed by atoms with Crippen LogP contribution in [0.4, 0.5) is 0 Å². The van der Waals surface area contributed by atoms with Crippen molar-refractivity contribution in [3.05, 3.63) is 12.7 Å². The van der Waals surface area contributed by atoms with Gasteiger partial charge in [-0.15, -0.1) is 6.58 Å². The minimum atomic E-state index is -1.94. The van der Waals surface area contributed by atoms with Gasteiger partial charge in [0.25, 0.3) is 0 Å². The van der Waals surface area contributed by atoms with E-state index in [1.54, 1.807) is 0 Å². The lowest BCUT2D eigenvalue weighted by molar-refractivity contribution is -0.167. The van der Waals surface area contributed by atoms with E-state index in [2.05, 4.69) is 61.2 Å². The van der Waals surface area contributed by atoms with Gasteiger partial charge in [-0.2, -0.15) is 0 Å². The summed E-state index contributed by atoms with van der Waals surface area (Å²) >= 11 is 0. The van der Waals surface area contributed by atoms with Crippen molar-refractivity contribution >= 4 is 14.3 Å². The number of rotatable bonds is 8. The van der Waals surface area contributed by atoms with E-state index < -0.39 is 8.32 Å². The van der Waals surface area contributed by atoms with E-state index in [9.17, 15) is 4.79 Å². The second kappa shape index (κ2) is 9.90. The third-order valence-corrected chi connectivity index (χ3v) is 11.6. The average Bonchev–Trinajstić information content (AvgIpc) is 2.63. The Morgan fingerprint density at radius 2 is 1.79 bits per heavy atom. The van der Waals surface area contributed by atoms with Crippen molar-refractivity contribution in [1.29, 1.82) is 0 Å². The van der Waals surface area contributed by atoms with Crippen molar-refractivity contribution in [3.63, 3.8) is 0 Å². The number of hydrogen-bond acceptors (Lipinski definition) is 4. The van der Waals surface area contributed by atoms with Crippen LogP contribution >= 0.6 is 0 Å². The molecule has 1 rings (SSSR count). The smallest absolute Gasteiger partial charge is 0.311 e. The van der Waals surface area contributed by atoms with Crippen molar-refractivity contribution in [3.8, 4) is 0 Å². The van der Waals surface area contributed by atoms with Crippen LogP contribution in [0.2, 0.25) is 18.1 Å². The zero-order valence-corrected chi connectivity index (χ0v) is 20.9. The summed E-state index contributed by atoms with van der Waals surface area (Å²) in [7, 11) is -0.492. The molecule has 1 fully saturated rings. The summed E-state index contributed by atoms with van der Waals surface area (Å²) in [5.41, 5.74) is 0. The molecule has 1 saturated heterocycles. The Labute approximate surface area is 174 Å². The number of ether oxygens (including phenoxy) is 2. The third kappa shape index (κ3) is 5.93. The highest BCUT2D eigenvalue weighted by Crippen LogP contribution is 2.42. The van der Waals surface area contributed by atoms with Gasteiger partial charge in [-0.05, 0) is 49.7 Å². The van der Waals surface area contributed by atoms with Gasteiger partial charge in [0.05, 0.1) is 31.3 Å². The van der Waals surface area contributed by atoms with Gasteiger partial charge in [-0.25, -0.2) is 0 Å². The Kier molecular flexibility index (Phi) is 8.98. The summed E-state index contributed by atoms with van der Waals surface area (Å²) in [5, 5.41) is 0.146. The van der Waals surface area contributed by atoms with Crippen molar-refractivity contribution in [2.24, 2.45) is 23.7 Å². The molecule has 0 spiro atoms. The van der Waals surface area contributed by atoms with Crippen LogP contribution in [0, 0.1) is 23.7 Å². The fourth-order valence-corrected chi connectivity index (χ4v) is 5.34. The Morgan fingerprint density at radius 1 is 1.21 bits per heavy atom. The van der Waals surface area contributed by atoms with Crippen LogP contribution in [0.15, 0.2) is 12.7 Å². The minimum absolute atomic E-state index is 0.0537. The largest absolute Gasteiger partial charge is 0.469 e. The van der Waals surface area contributed by atoms with Gasteiger partial charge in [0, 0.05) is 5.92 Å². The first-order chi connectivity index (χ1) is 12.8. The Hall–Kier alpha value is -0.653. The molecule has 164 valence electrons. The predicted molar refractivity (Wildman–Crippen MR) is 119 cm³/mol. The van der Waals surface area contributed by atoms with Gasteiger partial charge in [0.2, 0.25) is 0 Å². The molecular weight excluding hydrogens is 368 g/mol. The number of esters is 1. The highest BCUT2D eigenvalue weighted by molar-refractivity contribution is 6.74. The summed E-state index contributed by atoms with van der Waals surface area (Å²) < 4.78 is 18.3. The maximum atomic E-state index is 12.0. The monoisotopic (exact) mass is 412 g/mol. The molecule has 0 aromatic rings. The molecule has 0 unspecified atom stereocenters. The van der Waals surface area contributed by atoms with Crippen molar-refractivity contribution in [2.45, 2.75) is 97.8 Å². The number of hydrogen-bond donors (Lipinski definition) is 0. The number of carbonyl (C=O) groups is 1. The second-order valence-corrected chi connectivity index (χ2v) is 15.1. The second-order valence-electron chi connectivity index (χ2n) is 10.3. The summed E-state index contributed by atoms with van der Waals surface area (Å²) in [6.07, 6.45) is 3.96. The lowest BCUT2D eigenvalue weighted by Gasteiger charge is -2.47. The third-order valence-electron chi connectivity index (χ3n) is 7.09. The fraction of sp³-hybridized carbons (Fsp3) is 0.870. The zero-order valence-electron chi connectivity index (χ0n) is 19.9.